The van der Waals surface area contributed by atoms with Crippen LogP contribution in [-0.4, -0.2) is 37.3 Å². The first kappa shape index (κ1) is 21.0. The number of hydrogen-bond acceptors (Lipinski definition) is 4. The summed E-state index contributed by atoms with van der Waals surface area (Å²) in [5, 5.41) is 9.94. The average molecular weight is 446 g/mol. The molecule has 1 N–H and O–H groups in total. The zero-order chi connectivity index (χ0) is 19.3. The summed E-state index contributed by atoms with van der Waals surface area (Å²) in [5.41, 5.74) is 1.12. The minimum Gasteiger partial charge on any atom is -0.367 e. The number of sulfonamides is 1. The van der Waals surface area contributed by atoms with Crippen LogP contribution in [0.1, 0.15) is 18.1 Å². The number of benzene rings is 2. The van der Waals surface area contributed by atoms with Gasteiger partial charge in [0.2, 0.25) is 10.0 Å². The normalized spacial score (nSPS) is 13.2. The zero-order valence-electron chi connectivity index (χ0n) is 14.5. The number of rotatable bonds is 8. The molecule has 1 unspecified atom stereocenters. The van der Waals surface area contributed by atoms with Crippen LogP contribution in [0.4, 0.5) is 4.39 Å². The minimum atomic E-state index is -3.94. The summed E-state index contributed by atoms with van der Waals surface area (Å²) in [6, 6.07) is 10.8. The Morgan fingerprint density at radius 2 is 1.88 bits per heavy atom. The third-order valence-electron chi connectivity index (χ3n) is 3.74. The first-order valence-electron chi connectivity index (χ1n) is 8.04. The van der Waals surface area contributed by atoms with Crippen molar-refractivity contribution in [2.45, 2.75) is 31.6 Å². The zero-order valence-corrected chi connectivity index (χ0v) is 16.9. The van der Waals surface area contributed by atoms with Crippen molar-refractivity contribution in [2.75, 3.05) is 13.2 Å². The lowest BCUT2D eigenvalue weighted by Gasteiger charge is -2.25. The molecule has 0 aliphatic rings. The van der Waals surface area contributed by atoms with Crippen molar-refractivity contribution in [2.24, 2.45) is 0 Å². The van der Waals surface area contributed by atoms with Crippen molar-refractivity contribution in [3.8, 4) is 0 Å². The van der Waals surface area contributed by atoms with E-state index in [1.165, 1.54) is 24.3 Å². The summed E-state index contributed by atoms with van der Waals surface area (Å²) in [4.78, 5) is 0.0734. The fraction of sp³-hybridized carbons (Fsp3) is 0.333. The number of aliphatic hydroxyl groups excluding tert-OH is 1. The van der Waals surface area contributed by atoms with Crippen molar-refractivity contribution in [3.05, 3.63) is 63.9 Å². The van der Waals surface area contributed by atoms with Crippen LogP contribution in [0.15, 0.2) is 51.8 Å². The van der Waals surface area contributed by atoms with Gasteiger partial charge in [-0.05, 0) is 38.1 Å². The molecule has 0 bridgehead atoms. The largest absolute Gasteiger partial charge is 0.367 e. The summed E-state index contributed by atoms with van der Waals surface area (Å²) in [6.07, 6.45) is -1.31. The van der Waals surface area contributed by atoms with E-state index in [0.29, 0.717) is 4.47 Å². The first-order valence-corrected chi connectivity index (χ1v) is 10.3. The molecular weight excluding hydrogens is 425 g/mol. The monoisotopic (exact) mass is 445 g/mol. The summed E-state index contributed by atoms with van der Waals surface area (Å²) >= 11 is 3.17. The van der Waals surface area contributed by atoms with Crippen LogP contribution in [0.3, 0.4) is 0 Å². The van der Waals surface area contributed by atoms with Crippen LogP contribution in [0.5, 0.6) is 0 Å². The van der Waals surface area contributed by atoms with Gasteiger partial charge in [-0.1, -0.05) is 39.7 Å². The molecule has 0 aliphatic heterocycles. The highest BCUT2D eigenvalue weighted by Gasteiger charge is 2.28. The van der Waals surface area contributed by atoms with Crippen LogP contribution in [-0.2, 0) is 21.3 Å². The molecule has 0 aliphatic carbocycles. The first-order chi connectivity index (χ1) is 12.2. The van der Waals surface area contributed by atoms with Crippen LogP contribution in [0, 0.1) is 12.7 Å². The molecule has 0 fully saturated rings. The molecule has 8 heteroatoms. The number of ether oxygens (including phenoxy) is 1. The Hall–Kier alpha value is -1.32. The molecular formula is C18H21BrFNO4S. The molecule has 0 amide bonds. The highest BCUT2D eigenvalue weighted by atomic mass is 79.9. The number of aliphatic hydroxyl groups is 1. The molecule has 2 rings (SSSR count). The molecule has 0 radical (unpaired) electrons. The number of halogens is 2. The third kappa shape index (κ3) is 5.34. The van der Waals surface area contributed by atoms with E-state index in [2.05, 4.69) is 15.9 Å². The van der Waals surface area contributed by atoms with Crippen LogP contribution in [0.2, 0.25) is 0 Å². The maximum atomic E-state index is 14.2. The van der Waals surface area contributed by atoms with Gasteiger partial charge in [-0.3, -0.25) is 0 Å². The second-order valence-electron chi connectivity index (χ2n) is 5.76. The van der Waals surface area contributed by atoms with Gasteiger partial charge in [0.25, 0.3) is 0 Å². The molecule has 2 aromatic rings. The van der Waals surface area contributed by atoms with Gasteiger partial charge in [0.15, 0.2) is 6.29 Å². The van der Waals surface area contributed by atoms with Gasteiger partial charge in [-0.25, -0.2) is 12.8 Å². The Labute approximate surface area is 161 Å². The second kappa shape index (κ2) is 9.05. The average Bonchev–Trinajstić information content (AvgIpc) is 2.57. The lowest BCUT2D eigenvalue weighted by Crippen LogP contribution is -2.38. The van der Waals surface area contributed by atoms with Gasteiger partial charge in [0.05, 0.1) is 11.4 Å². The number of aryl methyl sites for hydroxylation is 1. The van der Waals surface area contributed by atoms with E-state index in [1.807, 2.05) is 6.92 Å². The molecule has 0 heterocycles. The van der Waals surface area contributed by atoms with Crippen molar-refractivity contribution in [3.63, 3.8) is 0 Å². The SMILES string of the molecule is CCOC(O)CN(Cc1ccc(Br)cc1F)S(=O)(=O)c1ccc(C)cc1. The predicted molar refractivity (Wildman–Crippen MR) is 101 cm³/mol. The van der Waals surface area contributed by atoms with Gasteiger partial charge in [-0.15, -0.1) is 0 Å². The van der Waals surface area contributed by atoms with Crippen LogP contribution < -0.4 is 0 Å². The van der Waals surface area contributed by atoms with Crippen LogP contribution >= 0.6 is 15.9 Å². The van der Waals surface area contributed by atoms with Crippen molar-refractivity contribution >= 4 is 26.0 Å². The quantitative estimate of drug-likeness (QED) is 0.631. The van der Waals surface area contributed by atoms with Crippen molar-refractivity contribution in [1.82, 2.24) is 4.31 Å². The summed E-state index contributed by atoms with van der Waals surface area (Å²) in [7, 11) is -3.94. The Bertz CT molecular complexity index is 843. The molecule has 142 valence electrons. The second-order valence-corrected chi connectivity index (χ2v) is 8.61. The highest BCUT2D eigenvalue weighted by Crippen LogP contribution is 2.22. The number of nitrogens with zero attached hydrogens (tertiary/aromatic N) is 1. The van der Waals surface area contributed by atoms with Crippen molar-refractivity contribution < 1.29 is 22.7 Å². The van der Waals surface area contributed by atoms with E-state index in [4.69, 9.17) is 4.74 Å². The van der Waals surface area contributed by atoms with E-state index in [-0.39, 0.29) is 30.2 Å². The summed E-state index contributed by atoms with van der Waals surface area (Å²) in [6.45, 7) is 3.24. The molecule has 26 heavy (non-hydrogen) atoms. The summed E-state index contributed by atoms with van der Waals surface area (Å²) in [5.74, 6) is -0.533. The fourth-order valence-corrected chi connectivity index (χ4v) is 4.11. The summed E-state index contributed by atoms with van der Waals surface area (Å²) < 4.78 is 46.8. The highest BCUT2D eigenvalue weighted by molar-refractivity contribution is 9.10. The lowest BCUT2D eigenvalue weighted by molar-refractivity contribution is -0.101. The fourth-order valence-electron chi connectivity index (χ4n) is 2.37. The lowest BCUT2D eigenvalue weighted by atomic mass is 10.2. The maximum Gasteiger partial charge on any atom is 0.243 e. The predicted octanol–water partition coefficient (Wildman–Crippen LogP) is 3.44. The van der Waals surface area contributed by atoms with E-state index >= 15 is 0 Å². The van der Waals surface area contributed by atoms with Gasteiger partial charge < -0.3 is 9.84 Å². The molecule has 0 saturated carbocycles. The molecule has 0 saturated heterocycles. The van der Waals surface area contributed by atoms with E-state index in [0.717, 1.165) is 9.87 Å². The molecule has 0 aromatic heterocycles. The Balaban J connectivity index is 2.37. The van der Waals surface area contributed by atoms with Gasteiger partial charge in [-0.2, -0.15) is 4.31 Å². The molecule has 5 nitrogen and oxygen atoms in total. The van der Waals surface area contributed by atoms with Gasteiger partial charge in [0, 0.05) is 23.2 Å². The van der Waals surface area contributed by atoms with E-state index in [9.17, 15) is 17.9 Å². The molecule has 2 aromatic carbocycles. The smallest absolute Gasteiger partial charge is 0.243 e. The minimum absolute atomic E-state index is 0.0734. The molecule has 1 atom stereocenters. The Kier molecular flexibility index (Phi) is 7.31. The molecule has 0 spiro atoms. The Morgan fingerprint density at radius 1 is 1.23 bits per heavy atom. The van der Waals surface area contributed by atoms with Gasteiger partial charge >= 0.3 is 0 Å². The van der Waals surface area contributed by atoms with Gasteiger partial charge in [0.1, 0.15) is 5.82 Å². The maximum absolute atomic E-state index is 14.2. The van der Waals surface area contributed by atoms with Crippen LogP contribution in [0.25, 0.3) is 0 Å². The van der Waals surface area contributed by atoms with E-state index in [1.54, 1.807) is 25.1 Å². The van der Waals surface area contributed by atoms with Crippen molar-refractivity contribution in [1.29, 1.82) is 0 Å². The third-order valence-corrected chi connectivity index (χ3v) is 6.06. The Morgan fingerprint density at radius 3 is 2.46 bits per heavy atom. The van der Waals surface area contributed by atoms with E-state index < -0.39 is 22.1 Å². The topological polar surface area (TPSA) is 66.8 Å². The standard InChI is InChI=1S/C18H21BrFNO4S/c1-3-25-18(22)12-21(11-14-6-7-15(19)10-17(14)20)26(23,24)16-8-4-13(2)5-9-16/h4-10,18,22H,3,11-12H2,1-2H3. The number of hydrogen-bond donors (Lipinski definition) is 1.